The maximum Gasteiger partial charge on any atom is 0.494 e. The van der Waals surface area contributed by atoms with Gasteiger partial charge in [-0.3, -0.25) is 0 Å². The molecule has 0 radical (unpaired) electrons. The summed E-state index contributed by atoms with van der Waals surface area (Å²) in [7, 11) is -0.272. The van der Waals surface area contributed by atoms with E-state index in [2.05, 4.69) is 280 Å². The van der Waals surface area contributed by atoms with Gasteiger partial charge in [-0.2, -0.15) is 0 Å². The van der Waals surface area contributed by atoms with E-state index < -0.39 is 16.8 Å². The van der Waals surface area contributed by atoms with Gasteiger partial charge < -0.3 is 58.2 Å². The Hall–Kier alpha value is -7.15. The molecule has 7 aromatic rings. The van der Waals surface area contributed by atoms with Crippen LogP contribution in [0.2, 0.25) is 0 Å². The van der Waals surface area contributed by atoms with Crippen molar-refractivity contribution in [2.75, 3.05) is 106 Å². The summed E-state index contributed by atoms with van der Waals surface area (Å²) < 4.78 is 31.3. The first-order valence-corrected chi connectivity index (χ1v) is 49.1. The molecule has 19 nitrogen and oxygen atoms in total. The van der Waals surface area contributed by atoms with Gasteiger partial charge in [0.15, 0.2) is 0 Å². The van der Waals surface area contributed by atoms with Crippen LogP contribution in [0, 0.1) is 0 Å². The van der Waals surface area contributed by atoms with Gasteiger partial charge in [-0.15, -0.1) is 0 Å². The number of nitrogens with zero attached hydrogens (tertiary/aromatic N) is 10. The molecule has 0 atom stereocenters. The molecule has 3 aromatic carbocycles. The van der Waals surface area contributed by atoms with Crippen molar-refractivity contribution in [2.24, 2.45) is 0 Å². The fourth-order valence-electron chi connectivity index (χ4n) is 17.7. The quantitative estimate of drug-likeness (QED) is 0.0942. The number of amides is 3. The molecule has 0 spiro atoms. The van der Waals surface area contributed by atoms with Crippen LogP contribution in [0.25, 0.3) is 22.5 Å². The molecule has 9 heterocycles. The summed E-state index contributed by atoms with van der Waals surface area (Å²) in [5.74, 6) is 3.06. The van der Waals surface area contributed by atoms with Crippen LogP contribution in [0.4, 0.5) is 31.8 Å². The Kier molecular flexibility index (Phi) is 33.9. The van der Waals surface area contributed by atoms with E-state index in [1.807, 2.05) is 104 Å². The molecule has 3 amide bonds. The number of aromatic nitrogens is 4. The van der Waals surface area contributed by atoms with Gasteiger partial charge >= 0.3 is 25.4 Å². The predicted molar refractivity (Wildman–Crippen MR) is 534 cm³/mol. The van der Waals surface area contributed by atoms with Crippen molar-refractivity contribution < 1.29 is 37.9 Å². The lowest BCUT2D eigenvalue weighted by atomic mass is 9.61. The zero-order valence-electron chi connectivity index (χ0n) is 81.7. The van der Waals surface area contributed by atoms with Crippen LogP contribution in [0.15, 0.2) is 141 Å². The Labute approximate surface area is 788 Å². The summed E-state index contributed by atoms with van der Waals surface area (Å²) in [5, 5.41) is 3.25. The normalized spacial score (nSPS) is 20.1. The van der Waals surface area contributed by atoms with Crippen molar-refractivity contribution in [1.29, 1.82) is 0 Å². The second kappa shape index (κ2) is 42.2. The van der Waals surface area contributed by atoms with Crippen LogP contribution in [0.5, 0.6) is 0 Å². The first-order valence-electron chi connectivity index (χ1n) is 46.8. The Morgan fingerprint density at radius 1 is 0.339 bits per heavy atom. The summed E-state index contributed by atoms with van der Waals surface area (Å²) in [5.41, 5.74) is 14.1. The molecule has 8 aliphatic rings. The van der Waals surface area contributed by atoms with Gasteiger partial charge in [-0.1, -0.05) is 163 Å². The molecule has 694 valence electrons. The van der Waals surface area contributed by atoms with Gasteiger partial charge in [-0.25, -0.2) is 34.3 Å². The first kappa shape index (κ1) is 102. The third kappa shape index (κ3) is 28.4. The van der Waals surface area contributed by atoms with E-state index in [1.54, 1.807) is 9.80 Å². The molecule has 0 unspecified atom stereocenters. The molecular formula is C104H151BBr3N11O8. The number of hydrogen-bond acceptors (Lipinski definition) is 16. The molecule has 4 aromatic heterocycles. The number of fused-ring (bicyclic) bond motifs is 3. The number of halogens is 3. The van der Waals surface area contributed by atoms with E-state index in [-0.39, 0.29) is 69.1 Å². The number of pyridine rings is 4. The van der Waals surface area contributed by atoms with Crippen molar-refractivity contribution >= 4 is 96.1 Å². The molecule has 5 aliphatic heterocycles. The summed E-state index contributed by atoms with van der Waals surface area (Å²) >= 11 is 9.84. The van der Waals surface area contributed by atoms with Crippen LogP contribution in [0.1, 0.15) is 290 Å². The fourth-order valence-corrected chi connectivity index (χ4v) is 18.9. The van der Waals surface area contributed by atoms with Gasteiger partial charge in [0.1, 0.15) is 48.1 Å². The standard InChI is InChI=1S/C29H41N3O2.C25H34N2.C20H31BO2.C15H22BrN3O2.C10H20N2O2.C5H3Br2N/c1-27(2,3)34-26(33)32-17-9-16-31(18-19-32)25-11-8-10-24(30-25)21-12-13-22-23(20-21)29(6,7)15-14-28(22,4)5;1-24(2)14-15-25(3,4)21-18-19(12-13-20(21)24)22-10-9-11-23(26-22)27-16-7-5-6-8-17-27;1-17(2)11-12-18(3,4)16-13-14(9-10-15(16)17)21-22-19(5,6)20(7,8)23-21;1-15(2,3)21-14(20)19-9-5-8-18(10-11-19)13-7-4-6-12(16)17-13;1-10(2,3)14-9(13)12-7-4-5-11-6-8-12;6-4-2-1-3-5(7)8-4/h8,10-13,20H,9,14-19H2,1-7H3;9-13,18H,5-8,14-17H2,1-4H3;9-10,13H,11-12H2,1-8H3;4,6-7H,5,8-11H2,1-3H3;11H,4-8H2,1-3H3;1-3H. The van der Waals surface area contributed by atoms with Crippen LogP contribution in [0.3, 0.4) is 0 Å². The van der Waals surface area contributed by atoms with Gasteiger partial charge in [0.2, 0.25) is 0 Å². The Morgan fingerprint density at radius 3 is 1.04 bits per heavy atom. The van der Waals surface area contributed by atoms with E-state index in [0.717, 1.165) is 139 Å². The zero-order chi connectivity index (χ0) is 93.1. The summed E-state index contributed by atoms with van der Waals surface area (Å²) in [6, 6.07) is 45.2. The highest BCUT2D eigenvalue weighted by Crippen LogP contribution is 2.50. The number of nitrogens with one attached hydrogen (secondary N) is 1. The second-order valence-electron chi connectivity index (χ2n) is 43.7. The zero-order valence-corrected chi connectivity index (χ0v) is 86.4. The van der Waals surface area contributed by atoms with Crippen LogP contribution in [-0.2, 0) is 56.0 Å². The summed E-state index contributed by atoms with van der Waals surface area (Å²) in [6.07, 6.45) is 14.8. The average molecular weight is 1930 g/mol. The van der Waals surface area contributed by atoms with Crippen molar-refractivity contribution in [2.45, 2.75) is 317 Å². The third-order valence-corrected chi connectivity index (χ3v) is 27.7. The second-order valence-corrected chi connectivity index (χ2v) is 46.1. The Balaban J connectivity index is 0.000000165. The molecule has 5 fully saturated rings. The topological polar surface area (TPSA) is 180 Å². The highest BCUT2D eigenvalue weighted by Gasteiger charge is 2.52. The van der Waals surface area contributed by atoms with Crippen molar-refractivity contribution in [3.8, 4) is 22.5 Å². The number of benzene rings is 3. The van der Waals surface area contributed by atoms with Crippen molar-refractivity contribution in [3.63, 3.8) is 0 Å². The predicted octanol–water partition coefficient (Wildman–Crippen LogP) is 24.5. The minimum absolute atomic E-state index is 0.175. The number of anilines is 3. The average Bonchev–Trinajstić information content (AvgIpc) is 1.28. The van der Waals surface area contributed by atoms with Gasteiger partial charge in [0.25, 0.3) is 0 Å². The number of carbonyl (C=O) groups excluding carboxylic acids is 3. The summed E-state index contributed by atoms with van der Waals surface area (Å²) in [4.78, 5) is 67.3. The van der Waals surface area contributed by atoms with E-state index in [4.69, 9.17) is 33.5 Å². The third-order valence-electron chi connectivity index (χ3n) is 26.4. The van der Waals surface area contributed by atoms with Crippen molar-refractivity contribution in [3.05, 3.63) is 175 Å². The lowest BCUT2D eigenvalue weighted by Gasteiger charge is -2.42. The first-order chi connectivity index (χ1) is 59.2. The van der Waals surface area contributed by atoms with Gasteiger partial charge in [0, 0.05) is 96.2 Å². The number of carbonyl (C=O) groups is 3. The van der Waals surface area contributed by atoms with Crippen LogP contribution in [-0.4, -0.2) is 180 Å². The molecule has 5 saturated heterocycles. The van der Waals surface area contributed by atoms with Crippen LogP contribution < -0.4 is 25.5 Å². The molecule has 0 saturated carbocycles. The number of hydrogen-bond donors (Lipinski definition) is 1. The SMILES string of the molecule is Brc1cccc(Br)n1.CC(C)(C)OC(=O)N1CCCN(c2cccc(-c3ccc4c(c3)C(C)(C)CCC4(C)C)n2)CC1.CC(C)(C)OC(=O)N1CCCN(c2cccc(Br)n2)CC1.CC(C)(C)OC(=O)N1CCCNCC1.CC1(C)CCC(C)(C)c2cc(-c3cccc(N4CCCCCC4)n3)ccc21.CC1(C)CCC(C)(C)c2cc(B3OC(C)(C)C(C)(C)O3)ccc21. The van der Waals surface area contributed by atoms with E-state index >= 15 is 0 Å². The largest absolute Gasteiger partial charge is 0.494 e. The molecule has 0 bridgehead atoms. The van der Waals surface area contributed by atoms with Crippen LogP contribution >= 0.6 is 47.8 Å². The van der Waals surface area contributed by atoms with E-state index in [1.165, 1.54) is 109 Å². The summed E-state index contributed by atoms with van der Waals surface area (Å²) in [6.45, 7) is 65.6. The van der Waals surface area contributed by atoms with Crippen molar-refractivity contribution in [1.82, 2.24) is 40.0 Å². The molecule has 15 rings (SSSR count). The molecular weight excluding hydrogens is 1780 g/mol. The van der Waals surface area contributed by atoms with Gasteiger partial charge in [-0.05, 0) is 347 Å². The Bertz CT molecular complexity index is 4810. The minimum atomic E-state index is -0.475. The maximum absolute atomic E-state index is 12.5. The highest BCUT2D eigenvalue weighted by molar-refractivity contribution is 9.11. The molecule has 127 heavy (non-hydrogen) atoms. The highest BCUT2D eigenvalue weighted by atomic mass is 79.9. The monoisotopic (exact) mass is 1930 g/mol. The lowest BCUT2D eigenvalue weighted by Crippen LogP contribution is -2.41. The van der Waals surface area contributed by atoms with Gasteiger partial charge in [0.05, 0.1) is 22.6 Å². The van der Waals surface area contributed by atoms with E-state index in [0.29, 0.717) is 19.6 Å². The lowest BCUT2D eigenvalue weighted by molar-refractivity contribution is 0.00578. The smallest absolute Gasteiger partial charge is 0.444 e. The number of ether oxygens (including phenoxy) is 3. The molecule has 3 aliphatic carbocycles. The molecule has 1 N–H and O–H groups in total. The Morgan fingerprint density at radius 2 is 0.661 bits per heavy atom. The minimum Gasteiger partial charge on any atom is -0.444 e. The maximum atomic E-state index is 12.5. The number of rotatable bonds is 6. The fraction of sp³-hybridized carbons (Fsp3) is 0.606. The van der Waals surface area contributed by atoms with E-state index in [9.17, 15) is 14.4 Å². The molecule has 23 heteroatoms.